The number of carbonyl (C=O) groups is 2. The first-order valence-corrected chi connectivity index (χ1v) is 10.7. The van der Waals surface area contributed by atoms with Crippen molar-refractivity contribution < 1.29 is 14.3 Å². The number of hydrogen-bond acceptors (Lipinski definition) is 7. The Kier molecular flexibility index (Phi) is 6.20. The first kappa shape index (κ1) is 20.5. The average Bonchev–Trinajstić information content (AvgIpc) is 3.13. The van der Waals surface area contributed by atoms with Crippen molar-refractivity contribution in [2.45, 2.75) is 45.7 Å². The van der Waals surface area contributed by atoms with Crippen molar-refractivity contribution in [1.29, 1.82) is 0 Å². The minimum Gasteiger partial charge on any atom is -0.469 e. The van der Waals surface area contributed by atoms with Gasteiger partial charge in [0.2, 0.25) is 0 Å². The zero-order valence-corrected chi connectivity index (χ0v) is 18.3. The van der Waals surface area contributed by atoms with E-state index < -0.39 is 0 Å². The molecular weight excluding hydrogens is 394 g/mol. The molecule has 0 aliphatic carbocycles. The lowest BCUT2D eigenvalue weighted by molar-refractivity contribution is -0.140. The van der Waals surface area contributed by atoms with Crippen molar-refractivity contribution >= 4 is 45.1 Å². The van der Waals surface area contributed by atoms with Crippen LogP contribution < -0.4 is 0 Å². The number of aryl methyl sites for hydroxylation is 3. The van der Waals surface area contributed by atoms with E-state index >= 15 is 0 Å². The molecule has 8 heteroatoms. The number of fused-ring (bicyclic) bond motifs is 1. The van der Waals surface area contributed by atoms with E-state index in [1.54, 1.807) is 17.7 Å². The first-order chi connectivity index (χ1) is 13.3. The molecule has 0 aromatic carbocycles. The molecule has 0 amide bonds. The van der Waals surface area contributed by atoms with E-state index in [1.165, 1.54) is 29.3 Å². The summed E-state index contributed by atoms with van der Waals surface area (Å²) in [6.07, 6.45) is 1.84. The Hall–Kier alpha value is -2.19. The van der Waals surface area contributed by atoms with Gasteiger partial charge >= 0.3 is 5.97 Å². The van der Waals surface area contributed by atoms with Crippen LogP contribution in [0.25, 0.3) is 10.2 Å². The van der Waals surface area contributed by atoms with E-state index in [4.69, 9.17) is 4.74 Å². The molecule has 0 fully saturated rings. The van der Waals surface area contributed by atoms with Gasteiger partial charge in [0, 0.05) is 33.8 Å². The topological polar surface area (TPSA) is 74.1 Å². The maximum atomic E-state index is 12.9. The Morgan fingerprint density at radius 3 is 2.68 bits per heavy atom. The van der Waals surface area contributed by atoms with E-state index in [9.17, 15) is 9.59 Å². The second kappa shape index (κ2) is 8.45. The summed E-state index contributed by atoms with van der Waals surface area (Å²) in [5, 5.41) is 1.89. The molecule has 148 valence electrons. The van der Waals surface area contributed by atoms with Crippen LogP contribution in [0.15, 0.2) is 17.4 Å². The summed E-state index contributed by atoms with van der Waals surface area (Å²) in [5.74, 6) is 0.103. The average molecular weight is 418 g/mol. The Balaban J connectivity index is 1.77. The van der Waals surface area contributed by atoms with Gasteiger partial charge in [0.05, 0.1) is 19.3 Å². The lowest BCUT2D eigenvalue weighted by atomic mass is 10.2. The van der Waals surface area contributed by atoms with Crippen LogP contribution in [0.5, 0.6) is 0 Å². The molecule has 28 heavy (non-hydrogen) atoms. The second-order valence-corrected chi connectivity index (χ2v) is 8.78. The van der Waals surface area contributed by atoms with Crippen LogP contribution in [0, 0.1) is 27.7 Å². The molecule has 0 unspecified atom stereocenters. The first-order valence-electron chi connectivity index (χ1n) is 8.93. The highest BCUT2D eigenvalue weighted by molar-refractivity contribution is 8.00. The fourth-order valence-electron chi connectivity index (χ4n) is 3.20. The van der Waals surface area contributed by atoms with Crippen molar-refractivity contribution in [1.82, 2.24) is 14.5 Å². The lowest BCUT2D eigenvalue weighted by Gasteiger charge is -2.09. The normalized spacial score (nSPS) is 11.2. The summed E-state index contributed by atoms with van der Waals surface area (Å²) in [4.78, 5) is 35.2. The largest absolute Gasteiger partial charge is 0.469 e. The number of nitrogens with zero attached hydrogens (tertiary/aromatic N) is 3. The van der Waals surface area contributed by atoms with Gasteiger partial charge in [-0.2, -0.15) is 0 Å². The fourth-order valence-corrected chi connectivity index (χ4v) is 5.20. The number of ketones is 1. The van der Waals surface area contributed by atoms with Crippen molar-refractivity contribution in [2.24, 2.45) is 0 Å². The number of aromatic nitrogens is 3. The standard InChI is InChI=1S/C20H23N3O3S2/c1-11-8-15(13(3)23(11)7-6-17(25)26-5)16(24)9-27-19-18-12(2)14(4)28-20(18)22-10-21-19/h8,10H,6-7,9H2,1-5H3. The van der Waals surface area contributed by atoms with Gasteiger partial charge in [-0.05, 0) is 39.3 Å². The van der Waals surface area contributed by atoms with Gasteiger partial charge in [0.15, 0.2) is 5.78 Å². The van der Waals surface area contributed by atoms with E-state index in [0.29, 0.717) is 17.9 Å². The summed E-state index contributed by atoms with van der Waals surface area (Å²) in [5.41, 5.74) is 3.71. The monoisotopic (exact) mass is 417 g/mol. The zero-order valence-electron chi connectivity index (χ0n) is 16.7. The summed E-state index contributed by atoms with van der Waals surface area (Å²) in [6, 6.07) is 1.89. The quantitative estimate of drug-likeness (QED) is 0.247. The molecule has 0 saturated carbocycles. The third-order valence-electron chi connectivity index (χ3n) is 4.91. The molecular formula is C20H23N3O3S2. The molecule has 0 N–H and O–H groups in total. The number of ether oxygens (including phenoxy) is 1. The molecule has 0 bridgehead atoms. The van der Waals surface area contributed by atoms with E-state index in [2.05, 4.69) is 23.8 Å². The molecule has 3 heterocycles. The molecule has 0 atom stereocenters. The van der Waals surface area contributed by atoms with Gasteiger partial charge in [0.25, 0.3) is 0 Å². The van der Waals surface area contributed by atoms with Gasteiger partial charge < -0.3 is 9.30 Å². The summed E-state index contributed by atoms with van der Waals surface area (Å²) in [6.45, 7) is 8.50. The van der Waals surface area contributed by atoms with Gasteiger partial charge in [-0.25, -0.2) is 9.97 Å². The number of thiophene rings is 1. The van der Waals surface area contributed by atoms with Gasteiger partial charge in [-0.15, -0.1) is 11.3 Å². The van der Waals surface area contributed by atoms with Crippen molar-refractivity contribution in [3.8, 4) is 0 Å². The summed E-state index contributed by atoms with van der Waals surface area (Å²) < 4.78 is 6.70. The van der Waals surface area contributed by atoms with Crippen molar-refractivity contribution in [3.05, 3.63) is 39.8 Å². The molecule has 0 aliphatic rings. The third kappa shape index (κ3) is 3.98. The van der Waals surface area contributed by atoms with Crippen LogP contribution in [0.1, 0.15) is 38.6 Å². The summed E-state index contributed by atoms with van der Waals surface area (Å²) >= 11 is 3.10. The van der Waals surface area contributed by atoms with E-state index in [0.717, 1.165) is 26.6 Å². The molecule has 0 spiro atoms. The van der Waals surface area contributed by atoms with Crippen LogP contribution in [0.2, 0.25) is 0 Å². The maximum Gasteiger partial charge on any atom is 0.307 e. The van der Waals surface area contributed by atoms with Crippen LogP contribution in [0.4, 0.5) is 0 Å². The fraction of sp³-hybridized carbons (Fsp3) is 0.400. The molecule has 6 nitrogen and oxygen atoms in total. The molecule has 0 radical (unpaired) electrons. The van der Waals surface area contributed by atoms with Crippen LogP contribution in [0.3, 0.4) is 0 Å². The van der Waals surface area contributed by atoms with Crippen LogP contribution >= 0.6 is 23.1 Å². The molecule has 3 rings (SSSR count). The Labute approximate surface area is 172 Å². The predicted molar refractivity (Wildman–Crippen MR) is 112 cm³/mol. The minimum atomic E-state index is -0.259. The number of rotatable bonds is 7. The number of Topliss-reactive ketones (excluding diaryl/α,β-unsaturated/α-hetero) is 1. The van der Waals surface area contributed by atoms with Crippen molar-refractivity contribution in [3.63, 3.8) is 0 Å². The molecule has 0 aliphatic heterocycles. The smallest absolute Gasteiger partial charge is 0.307 e. The number of esters is 1. The zero-order chi connectivity index (χ0) is 20.4. The maximum absolute atomic E-state index is 12.9. The SMILES string of the molecule is COC(=O)CCn1c(C)cc(C(=O)CSc2ncnc3sc(C)c(C)c23)c1C. The second-order valence-electron chi connectivity index (χ2n) is 6.62. The molecule has 0 saturated heterocycles. The Morgan fingerprint density at radius 1 is 1.21 bits per heavy atom. The number of hydrogen-bond donors (Lipinski definition) is 0. The van der Waals surface area contributed by atoms with Gasteiger partial charge in [-0.1, -0.05) is 11.8 Å². The number of methoxy groups -OCH3 is 1. The summed E-state index contributed by atoms with van der Waals surface area (Å²) in [7, 11) is 1.38. The highest BCUT2D eigenvalue weighted by Crippen LogP contribution is 2.34. The minimum absolute atomic E-state index is 0.0544. The number of carbonyl (C=O) groups excluding carboxylic acids is 2. The predicted octanol–water partition coefficient (Wildman–Crippen LogP) is 4.26. The Bertz CT molecular complexity index is 1050. The third-order valence-corrected chi connectivity index (χ3v) is 7.02. The van der Waals surface area contributed by atoms with Crippen molar-refractivity contribution in [2.75, 3.05) is 12.9 Å². The highest BCUT2D eigenvalue weighted by atomic mass is 32.2. The van der Waals surface area contributed by atoms with E-state index in [1.807, 2.05) is 24.5 Å². The highest BCUT2D eigenvalue weighted by Gasteiger charge is 2.18. The van der Waals surface area contributed by atoms with E-state index in [-0.39, 0.29) is 18.2 Å². The van der Waals surface area contributed by atoms with Crippen LogP contribution in [-0.4, -0.2) is 39.2 Å². The Morgan fingerprint density at radius 2 is 1.96 bits per heavy atom. The van der Waals surface area contributed by atoms with Gasteiger partial charge in [0.1, 0.15) is 16.2 Å². The molecule has 3 aromatic rings. The van der Waals surface area contributed by atoms with Gasteiger partial charge in [-0.3, -0.25) is 9.59 Å². The number of thioether (sulfide) groups is 1. The van der Waals surface area contributed by atoms with Crippen LogP contribution in [-0.2, 0) is 16.1 Å². The lowest BCUT2D eigenvalue weighted by Crippen LogP contribution is -2.10. The molecule has 3 aromatic heterocycles.